The molecule has 0 radical (unpaired) electrons. The molecular weight excluding hydrogens is 284 g/mol. The maximum Gasteiger partial charge on any atom is 0.295 e. The van der Waals surface area contributed by atoms with E-state index >= 15 is 0 Å². The summed E-state index contributed by atoms with van der Waals surface area (Å²) in [7, 11) is 2.77. The number of aromatic nitrogens is 1. The Morgan fingerprint density at radius 3 is 2.68 bits per heavy atom. The van der Waals surface area contributed by atoms with Gasteiger partial charge in [-0.1, -0.05) is 0 Å². The van der Waals surface area contributed by atoms with E-state index in [1.807, 2.05) is 0 Å². The number of likely N-dealkylation sites (N-methyl/N-ethyl adjacent to an activating group) is 1. The lowest BCUT2D eigenvalue weighted by Crippen LogP contribution is -2.32. The van der Waals surface area contributed by atoms with E-state index in [0.29, 0.717) is 17.1 Å². The standard InChI is InChI=1S/C15H16N4O3/c1-19(21-2)15(20)14(17)12-6-5-10(8-13(12)16)22-11-4-3-7-18-9-11/h3-9,17H,16H2,1-2H3. The van der Waals surface area contributed by atoms with Crippen LogP contribution >= 0.6 is 0 Å². The van der Waals surface area contributed by atoms with Crippen LogP contribution in [0.5, 0.6) is 11.5 Å². The molecule has 22 heavy (non-hydrogen) atoms. The summed E-state index contributed by atoms with van der Waals surface area (Å²) in [4.78, 5) is 20.6. The lowest BCUT2D eigenvalue weighted by Gasteiger charge is -2.15. The third kappa shape index (κ3) is 3.39. The molecule has 1 aromatic heterocycles. The maximum absolute atomic E-state index is 11.9. The van der Waals surface area contributed by atoms with Crippen LogP contribution in [0.25, 0.3) is 0 Å². The van der Waals surface area contributed by atoms with Gasteiger partial charge in [-0.05, 0) is 24.3 Å². The van der Waals surface area contributed by atoms with E-state index in [4.69, 9.17) is 20.7 Å². The van der Waals surface area contributed by atoms with E-state index < -0.39 is 5.91 Å². The highest BCUT2D eigenvalue weighted by atomic mass is 16.7. The van der Waals surface area contributed by atoms with Gasteiger partial charge in [0, 0.05) is 30.6 Å². The van der Waals surface area contributed by atoms with Crippen molar-refractivity contribution in [3.8, 4) is 11.5 Å². The number of rotatable bonds is 5. The lowest BCUT2D eigenvalue weighted by atomic mass is 10.1. The molecule has 7 nitrogen and oxygen atoms in total. The van der Waals surface area contributed by atoms with Crippen LogP contribution in [0.2, 0.25) is 0 Å². The van der Waals surface area contributed by atoms with Crippen molar-refractivity contribution in [1.82, 2.24) is 10.0 Å². The minimum absolute atomic E-state index is 0.255. The second-order valence-electron chi connectivity index (χ2n) is 4.40. The van der Waals surface area contributed by atoms with E-state index in [-0.39, 0.29) is 11.4 Å². The van der Waals surface area contributed by atoms with Crippen molar-refractivity contribution >= 4 is 17.3 Å². The SMILES string of the molecule is CON(C)C(=O)C(=N)c1ccc(Oc2cccnc2)cc1N. The van der Waals surface area contributed by atoms with E-state index in [1.165, 1.54) is 14.2 Å². The van der Waals surface area contributed by atoms with Crippen molar-refractivity contribution in [2.45, 2.75) is 0 Å². The Hall–Kier alpha value is -2.93. The molecule has 0 aliphatic heterocycles. The molecule has 1 heterocycles. The number of nitrogens with two attached hydrogens (primary N) is 1. The monoisotopic (exact) mass is 300 g/mol. The highest BCUT2D eigenvalue weighted by Crippen LogP contribution is 2.25. The summed E-state index contributed by atoms with van der Waals surface area (Å²) in [6, 6.07) is 8.26. The zero-order valence-electron chi connectivity index (χ0n) is 12.2. The van der Waals surface area contributed by atoms with Gasteiger partial charge in [0.25, 0.3) is 5.91 Å². The van der Waals surface area contributed by atoms with Crippen LogP contribution in [-0.4, -0.2) is 35.8 Å². The van der Waals surface area contributed by atoms with Gasteiger partial charge < -0.3 is 10.5 Å². The molecule has 7 heteroatoms. The molecule has 0 atom stereocenters. The molecule has 3 N–H and O–H groups in total. The van der Waals surface area contributed by atoms with Crippen LogP contribution in [-0.2, 0) is 9.63 Å². The number of anilines is 1. The number of hydrogen-bond donors (Lipinski definition) is 2. The second kappa shape index (κ2) is 6.68. The number of hydroxylamine groups is 2. The number of nitrogen functional groups attached to an aromatic ring is 1. The Labute approximate surface area is 127 Å². The number of hydrogen-bond acceptors (Lipinski definition) is 6. The molecule has 0 aliphatic carbocycles. The number of ether oxygens (including phenoxy) is 1. The summed E-state index contributed by atoms with van der Waals surface area (Å²) in [5.41, 5.74) is 6.23. The zero-order chi connectivity index (χ0) is 16.1. The van der Waals surface area contributed by atoms with Gasteiger partial charge in [-0.15, -0.1) is 0 Å². The topological polar surface area (TPSA) is 102 Å². The van der Waals surface area contributed by atoms with Gasteiger partial charge in [0.2, 0.25) is 0 Å². The predicted octanol–water partition coefficient (Wildman–Crippen LogP) is 1.84. The van der Waals surface area contributed by atoms with Gasteiger partial charge in [-0.3, -0.25) is 20.0 Å². The molecule has 0 saturated heterocycles. The molecule has 0 unspecified atom stereocenters. The minimum Gasteiger partial charge on any atom is -0.456 e. The minimum atomic E-state index is -0.588. The number of carbonyl (C=O) groups is 1. The molecule has 0 bridgehead atoms. The molecule has 0 aliphatic rings. The first-order valence-electron chi connectivity index (χ1n) is 6.41. The van der Waals surface area contributed by atoms with Crippen molar-refractivity contribution in [3.63, 3.8) is 0 Å². The van der Waals surface area contributed by atoms with Gasteiger partial charge in [0.05, 0.1) is 13.3 Å². The van der Waals surface area contributed by atoms with Crippen LogP contribution in [0.15, 0.2) is 42.7 Å². The van der Waals surface area contributed by atoms with Gasteiger partial charge in [-0.2, -0.15) is 0 Å². The van der Waals surface area contributed by atoms with Gasteiger partial charge in [0.15, 0.2) is 0 Å². The Bertz CT molecular complexity index is 688. The molecule has 0 spiro atoms. The first-order chi connectivity index (χ1) is 10.5. The molecule has 2 aromatic rings. The largest absolute Gasteiger partial charge is 0.456 e. The van der Waals surface area contributed by atoms with Crippen molar-refractivity contribution in [1.29, 1.82) is 5.41 Å². The molecular formula is C15H16N4O3. The van der Waals surface area contributed by atoms with Gasteiger partial charge >= 0.3 is 0 Å². The highest BCUT2D eigenvalue weighted by Gasteiger charge is 2.19. The quantitative estimate of drug-likeness (QED) is 0.498. The van der Waals surface area contributed by atoms with E-state index in [9.17, 15) is 4.79 Å². The fourth-order valence-corrected chi connectivity index (χ4v) is 1.73. The smallest absolute Gasteiger partial charge is 0.295 e. The maximum atomic E-state index is 11.9. The van der Waals surface area contributed by atoms with Crippen molar-refractivity contribution in [3.05, 3.63) is 48.3 Å². The zero-order valence-corrected chi connectivity index (χ0v) is 12.2. The Kier molecular flexibility index (Phi) is 4.70. The number of carbonyl (C=O) groups excluding carboxylic acids is 1. The fourth-order valence-electron chi connectivity index (χ4n) is 1.73. The Balaban J connectivity index is 2.19. The van der Waals surface area contributed by atoms with Crippen molar-refractivity contribution in [2.24, 2.45) is 0 Å². The summed E-state index contributed by atoms with van der Waals surface area (Å²) in [6.45, 7) is 0. The van der Waals surface area contributed by atoms with Crippen LogP contribution < -0.4 is 10.5 Å². The van der Waals surface area contributed by atoms with Crippen LogP contribution in [0, 0.1) is 5.41 Å². The normalized spacial score (nSPS) is 10.1. The highest BCUT2D eigenvalue weighted by molar-refractivity contribution is 6.44. The first-order valence-corrected chi connectivity index (χ1v) is 6.41. The summed E-state index contributed by atoms with van der Waals surface area (Å²) >= 11 is 0. The molecule has 1 amide bonds. The van der Waals surface area contributed by atoms with Crippen molar-refractivity contribution < 1.29 is 14.4 Å². The number of nitrogens with zero attached hydrogens (tertiary/aromatic N) is 2. The molecule has 2 rings (SSSR count). The Morgan fingerprint density at radius 2 is 2.09 bits per heavy atom. The average molecular weight is 300 g/mol. The van der Waals surface area contributed by atoms with Crippen LogP contribution in [0.4, 0.5) is 5.69 Å². The van der Waals surface area contributed by atoms with Crippen LogP contribution in [0.3, 0.4) is 0 Å². The van der Waals surface area contributed by atoms with E-state index in [0.717, 1.165) is 5.06 Å². The molecule has 114 valence electrons. The summed E-state index contributed by atoms with van der Waals surface area (Å²) < 4.78 is 5.59. The lowest BCUT2D eigenvalue weighted by molar-refractivity contribution is -0.160. The van der Waals surface area contributed by atoms with Gasteiger partial charge in [-0.25, -0.2) is 5.06 Å². The first kappa shape index (κ1) is 15.5. The van der Waals surface area contributed by atoms with Crippen molar-refractivity contribution in [2.75, 3.05) is 19.9 Å². The van der Waals surface area contributed by atoms with Crippen LogP contribution in [0.1, 0.15) is 5.56 Å². The number of pyridine rings is 1. The van der Waals surface area contributed by atoms with E-state index in [2.05, 4.69) is 4.98 Å². The summed E-state index contributed by atoms with van der Waals surface area (Å²) in [5, 5.41) is 8.86. The fraction of sp³-hybridized carbons (Fsp3) is 0.133. The molecule has 0 saturated carbocycles. The predicted molar refractivity (Wildman–Crippen MR) is 81.8 cm³/mol. The number of amides is 1. The molecule has 1 aromatic carbocycles. The number of benzene rings is 1. The third-order valence-corrected chi connectivity index (χ3v) is 2.94. The second-order valence-corrected chi connectivity index (χ2v) is 4.40. The number of nitrogens with one attached hydrogen (secondary N) is 1. The third-order valence-electron chi connectivity index (χ3n) is 2.94. The summed E-state index contributed by atoms with van der Waals surface area (Å²) in [6.07, 6.45) is 3.22. The summed E-state index contributed by atoms with van der Waals surface area (Å²) in [5.74, 6) is 0.477. The molecule has 0 fully saturated rings. The van der Waals surface area contributed by atoms with E-state index in [1.54, 1.807) is 42.7 Å². The Morgan fingerprint density at radius 1 is 1.32 bits per heavy atom. The average Bonchev–Trinajstić information content (AvgIpc) is 2.54. The van der Waals surface area contributed by atoms with Gasteiger partial charge in [0.1, 0.15) is 17.2 Å².